The Morgan fingerprint density at radius 3 is 2.36 bits per heavy atom. The first kappa shape index (κ1) is 8.38. The van der Waals surface area contributed by atoms with Gasteiger partial charge in [0.05, 0.1) is 5.75 Å². The van der Waals surface area contributed by atoms with Crippen LogP contribution in [0.5, 0.6) is 0 Å². The maximum absolute atomic E-state index is 12.3. The summed E-state index contributed by atoms with van der Waals surface area (Å²) in [4.78, 5) is 10.3. The zero-order valence-electron chi connectivity index (χ0n) is 5.30. The van der Waals surface area contributed by atoms with Gasteiger partial charge in [0.1, 0.15) is 0 Å². The molecule has 0 aromatic rings. The van der Waals surface area contributed by atoms with Crippen LogP contribution < -0.4 is 4.72 Å². The zero-order chi connectivity index (χ0) is 8.70. The second-order valence-electron chi connectivity index (χ2n) is 2.20. The van der Waals surface area contributed by atoms with E-state index in [1.54, 1.807) is 0 Å². The lowest BCUT2D eigenvalue weighted by Crippen LogP contribution is -2.50. The van der Waals surface area contributed by atoms with E-state index in [4.69, 9.17) is 0 Å². The van der Waals surface area contributed by atoms with Crippen molar-refractivity contribution in [2.75, 3.05) is 5.75 Å². The fourth-order valence-corrected chi connectivity index (χ4v) is 1.70. The normalized spacial score (nSPS) is 27.6. The summed E-state index contributed by atoms with van der Waals surface area (Å²) in [5, 5.41) is 0. The molecule has 0 atom stereocenters. The highest BCUT2D eigenvalue weighted by Crippen LogP contribution is 2.22. The number of carbonyl (C=O) groups is 1. The largest absolute Gasteiger partial charge is 0.326 e. The molecule has 0 saturated carbocycles. The van der Waals surface area contributed by atoms with Crippen LogP contribution in [0.1, 0.15) is 6.42 Å². The Kier molecular flexibility index (Phi) is 1.62. The molecule has 1 amide bonds. The van der Waals surface area contributed by atoms with Crippen LogP contribution in [0.25, 0.3) is 0 Å². The number of hydrogen-bond donors (Lipinski definition) is 1. The molecular weight excluding hydrogens is 180 g/mol. The summed E-state index contributed by atoms with van der Waals surface area (Å²) in [6, 6.07) is 0. The van der Waals surface area contributed by atoms with Crippen molar-refractivity contribution >= 4 is 15.9 Å². The van der Waals surface area contributed by atoms with Crippen LogP contribution in [0.3, 0.4) is 0 Å². The number of sulfonamides is 1. The summed E-state index contributed by atoms with van der Waals surface area (Å²) >= 11 is 0. The van der Waals surface area contributed by atoms with E-state index in [0.717, 1.165) is 0 Å². The molecule has 7 heteroatoms. The van der Waals surface area contributed by atoms with Crippen molar-refractivity contribution in [3.63, 3.8) is 0 Å². The highest BCUT2D eigenvalue weighted by Gasteiger charge is 2.45. The molecule has 0 aromatic heterocycles. The molecule has 64 valence electrons. The zero-order valence-corrected chi connectivity index (χ0v) is 6.12. The van der Waals surface area contributed by atoms with Crippen molar-refractivity contribution in [1.29, 1.82) is 0 Å². The molecular formula is C4H5F2NO3S. The number of amides is 1. The molecule has 1 heterocycles. The molecule has 1 N–H and O–H groups in total. The van der Waals surface area contributed by atoms with Gasteiger partial charge in [-0.3, -0.25) is 4.79 Å². The Hall–Kier alpha value is -0.720. The first-order valence-corrected chi connectivity index (χ1v) is 4.41. The third-order valence-corrected chi connectivity index (χ3v) is 2.50. The highest BCUT2D eigenvalue weighted by molar-refractivity contribution is 7.90. The average molecular weight is 185 g/mol. The van der Waals surface area contributed by atoms with Crippen LogP contribution >= 0.6 is 0 Å². The topological polar surface area (TPSA) is 63.2 Å². The van der Waals surface area contributed by atoms with Gasteiger partial charge in [0, 0.05) is 6.42 Å². The number of rotatable bonds is 0. The molecule has 1 rings (SSSR count). The SMILES string of the molecule is O=C1NS(=O)(=O)CCC1(F)F. The van der Waals surface area contributed by atoms with Crippen LogP contribution in [-0.2, 0) is 14.8 Å². The van der Waals surface area contributed by atoms with E-state index in [0.29, 0.717) is 0 Å². The molecule has 11 heavy (non-hydrogen) atoms. The van der Waals surface area contributed by atoms with Crippen molar-refractivity contribution in [1.82, 2.24) is 4.72 Å². The van der Waals surface area contributed by atoms with E-state index in [1.165, 1.54) is 4.72 Å². The number of carbonyl (C=O) groups excluding carboxylic acids is 1. The summed E-state index contributed by atoms with van der Waals surface area (Å²) < 4.78 is 46.7. The molecule has 4 nitrogen and oxygen atoms in total. The van der Waals surface area contributed by atoms with E-state index >= 15 is 0 Å². The maximum atomic E-state index is 12.3. The average Bonchev–Trinajstić information content (AvgIpc) is 1.81. The van der Waals surface area contributed by atoms with Gasteiger partial charge < -0.3 is 0 Å². The van der Waals surface area contributed by atoms with Gasteiger partial charge in [-0.2, -0.15) is 8.78 Å². The fraction of sp³-hybridized carbons (Fsp3) is 0.750. The minimum absolute atomic E-state index is 0.703. The first-order chi connectivity index (χ1) is 4.83. The van der Waals surface area contributed by atoms with E-state index in [9.17, 15) is 22.0 Å². The predicted octanol–water partition coefficient (Wildman–Crippen LogP) is -0.529. The molecule has 1 saturated heterocycles. The summed E-state index contributed by atoms with van der Waals surface area (Å²) in [5.74, 6) is -5.97. The second kappa shape index (κ2) is 2.13. The predicted molar refractivity (Wildman–Crippen MR) is 31.5 cm³/mol. The molecule has 0 spiro atoms. The number of nitrogens with one attached hydrogen (secondary N) is 1. The Morgan fingerprint density at radius 1 is 1.45 bits per heavy atom. The summed E-state index contributed by atoms with van der Waals surface area (Å²) in [6.07, 6.45) is -0.929. The standard InChI is InChI=1S/C4H5F2NO3S/c5-4(6)1-2-11(9,10)7-3(4)8/h1-2H2,(H,7,8). The minimum atomic E-state index is -3.78. The molecule has 1 aliphatic heterocycles. The molecule has 0 aromatic carbocycles. The van der Waals surface area contributed by atoms with Crippen LogP contribution in [0.2, 0.25) is 0 Å². The van der Waals surface area contributed by atoms with Crippen molar-refractivity contribution < 1.29 is 22.0 Å². The van der Waals surface area contributed by atoms with Gasteiger partial charge in [-0.05, 0) is 0 Å². The Balaban J connectivity index is 2.87. The Bertz CT molecular complexity index is 284. The monoisotopic (exact) mass is 185 g/mol. The highest BCUT2D eigenvalue weighted by atomic mass is 32.2. The van der Waals surface area contributed by atoms with Crippen LogP contribution in [-0.4, -0.2) is 26.0 Å². The lowest BCUT2D eigenvalue weighted by atomic mass is 10.2. The van der Waals surface area contributed by atoms with Gasteiger partial charge in [0.15, 0.2) is 0 Å². The van der Waals surface area contributed by atoms with Crippen molar-refractivity contribution in [2.45, 2.75) is 12.3 Å². The number of hydrogen-bond acceptors (Lipinski definition) is 3. The van der Waals surface area contributed by atoms with Crippen LogP contribution in [0.4, 0.5) is 8.78 Å². The third kappa shape index (κ3) is 1.65. The van der Waals surface area contributed by atoms with Crippen molar-refractivity contribution in [2.24, 2.45) is 0 Å². The van der Waals surface area contributed by atoms with Crippen LogP contribution in [0.15, 0.2) is 0 Å². The molecule has 0 aliphatic carbocycles. The van der Waals surface area contributed by atoms with Crippen molar-refractivity contribution in [3.8, 4) is 0 Å². The van der Waals surface area contributed by atoms with Crippen molar-refractivity contribution in [3.05, 3.63) is 0 Å². The van der Waals surface area contributed by atoms with Gasteiger partial charge >= 0.3 is 11.8 Å². The molecule has 0 radical (unpaired) electrons. The second-order valence-corrected chi connectivity index (χ2v) is 4.05. The number of alkyl halides is 2. The summed E-state index contributed by atoms with van der Waals surface area (Å²) in [5.41, 5.74) is 0. The smallest absolute Gasteiger partial charge is 0.267 e. The van der Waals surface area contributed by atoms with Gasteiger partial charge in [0.25, 0.3) is 0 Å². The van der Waals surface area contributed by atoms with E-state index in [-0.39, 0.29) is 0 Å². The third-order valence-electron chi connectivity index (χ3n) is 1.27. The van der Waals surface area contributed by atoms with Gasteiger partial charge in [-0.1, -0.05) is 0 Å². The minimum Gasteiger partial charge on any atom is -0.267 e. The molecule has 1 aliphatic rings. The first-order valence-electron chi connectivity index (χ1n) is 2.76. The Labute approximate surface area is 61.6 Å². The van der Waals surface area contributed by atoms with E-state index in [2.05, 4.69) is 0 Å². The lowest BCUT2D eigenvalue weighted by molar-refractivity contribution is -0.144. The quantitative estimate of drug-likeness (QED) is 0.551. The van der Waals surface area contributed by atoms with Gasteiger partial charge in [-0.15, -0.1) is 0 Å². The maximum Gasteiger partial charge on any atom is 0.326 e. The molecule has 0 unspecified atom stereocenters. The summed E-state index contributed by atoms with van der Waals surface area (Å²) in [6.45, 7) is 0. The van der Waals surface area contributed by atoms with Gasteiger partial charge in [0.2, 0.25) is 10.0 Å². The van der Waals surface area contributed by atoms with E-state index < -0.39 is 34.0 Å². The summed E-state index contributed by atoms with van der Waals surface area (Å²) in [7, 11) is -3.78. The number of halogens is 2. The fourth-order valence-electron chi connectivity index (χ4n) is 0.643. The van der Waals surface area contributed by atoms with Gasteiger partial charge in [-0.25, -0.2) is 13.1 Å². The van der Waals surface area contributed by atoms with Crippen LogP contribution in [0, 0.1) is 0 Å². The van der Waals surface area contributed by atoms with E-state index in [1.807, 2.05) is 0 Å². The molecule has 0 bridgehead atoms. The molecule has 1 fully saturated rings. The lowest BCUT2D eigenvalue weighted by Gasteiger charge is -2.20. The Morgan fingerprint density at radius 2 is 2.00 bits per heavy atom.